The van der Waals surface area contributed by atoms with Crippen LogP contribution in [0.15, 0.2) is 48.5 Å². The van der Waals surface area contributed by atoms with Gasteiger partial charge in [0.2, 0.25) is 5.91 Å². The van der Waals surface area contributed by atoms with Crippen LogP contribution in [0.25, 0.3) is 0 Å². The van der Waals surface area contributed by atoms with Gasteiger partial charge in [0, 0.05) is 24.6 Å². The molecule has 0 unspecified atom stereocenters. The number of carbonyl (C=O) groups is 1. The number of amides is 1. The number of hydrogen-bond donors (Lipinski definition) is 2. The largest absolute Gasteiger partial charge is 0.508 e. The zero-order valence-electron chi connectivity index (χ0n) is 10.2. The van der Waals surface area contributed by atoms with Gasteiger partial charge in [-0.2, -0.15) is 0 Å². The lowest BCUT2D eigenvalue weighted by Gasteiger charge is -2.08. The summed E-state index contributed by atoms with van der Waals surface area (Å²) < 4.78 is 0. The SMILES string of the molecule is CC(=O)Nc1ccc(O)c(Cc2ccccc2)c1. The van der Waals surface area contributed by atoms with Crippen molar-refractivity contribution in [2.75, 3.05) is 5.32 Å². The fourth-order valence-electron chi connectivity index (χ4n) is 1.82. The summed E-state index contributed by atoms with van der Waals surface area (Å²) in [5.74, 6) is 0.124. The maximum Gasteiger partial charge on any atom is 0.221 e. The number of rotatable bonds is 3. The fourth-order valence-corrected chi connectivity index (χ4v) is 1.82. The summed E-state index contributed by atoms with van der Waals surface area (Å²) in [5, 5.41) is 12.5. The van der Waals surface area contributed by atoms with E-state index in [-0.39, 0.29) is 11.7 Å². The van der Waals surface area contributed by atoms with Crippen LogP contribution >= 0.6 is 0 Å². The Labute approximate surface area is 106 Å². The minimum atomic E-state index is -0.119. The van der Waals surface area contributed by atoms with E-state index in [1.54, 1.807) is 18.2 Å². The molecule has 2 aromatic carbocycles. The molecule has 0 fully saturated rings. The zero-order chi connectivity index (χ0) is 13.0. The predicted molar refractivity (Wildman–Crippen MR) is 71.7 cm³/mol. The first-order chi connectivity index (χ1) is 8.65. The molecule has 3 heteroatoms. The Morgan fingerprint density at radius 3 is 2.56 bits per heavy atom. The second-order valence-corrected chi connectivity index (χ2v) is 4.19. The Morgan fingerprint density at radius 2 is 1.89 bits per heavy atom. The minimum absolute atomic E-state index is 0.119. The van der Waals surface area contributed by atoms with E-state index >= 15 is 0 Å². The quantitative estimate of drug-likeness (QED) is 0.812. The van der Waals surface area contributed by atoms with Gasteiger partial charge in [0.15, 0.2) is 0 Å². The standard InChI is InChI=1S/C15H15NO2/c1-11(17)16-14-7-8-15(18)13(10-14)9-12-5-3-2-4-6-12/h2-8,10,18H,9H2,1H3,(H,16,17). The smallest absolute Gasteiger partial charge is 0.221 e. The van der Waals surface area contributed by atoms with Crippen LogP contribution in [0, 0.1) is 0 Å². The average Bonchev–Trinajstić information content (AvgIpc) is 2.34. The van der Waals surface area contributed by atoms with Crippen molar-refractivity contribution in [3.63, 3.8) is 0 Å². The normalized spacial score (nSPS) is 10.1. The highest BCUT2D eigenvalue weighted by Gasteiger charge is 2.05. The van der Waals surface area contributed by atoms with E-state index in [2.05, 4.69) is 5.32 Å². The number of phenols is 1. The van der Waals surface area contributed by atoms with Crippen molar-refractivity contribution in [1.82, 2.24) is 0 Å². The fraction of sp³-hybridized carbons (Fsp3) is 0.133. The highest BCUT2D eigenvalue weighted by molar-refractivity contribution is 5.88. The number of phenolic OH excluding ortho intramolecular Hbond substituents is 1. The average molecular weight is 241 g/mol. The molecule has 0 aliphatic heterocycles. The van der Waals surface area contributed by atoms with Gasteiger partial charge in [0.25, 0.3) is 0 Å². The summed E-state index contributed by atoms with van der Waals surface area (Å²) in [4.78, 5) is 11.0. The molecule has 0 radical (unpaired) electrons. The van der Waals surface area contributed by atoms with Gasteiger partial charge >= 0.3 is 0 Å². The van der Waals surface area contributed by atoms with Gasteiger partial charge in [-0.15, -0.1) is 0 Å². The molecule has 2 aromatic rings. The highest BCUT2D eigenvalue weighted by atomic mass is 16.3. The van der Waals surface area contributed by atoms with Crippen LogP contribution in [0.3, 0.4) is 0 Å². The molecule has 0 atom stereocenters. The molecule has 0 saturated carbocycles. The van der Waals surface area contributed by atoms with Crippen LogP contribution in [0.2, 0.25) is 0 Å². The third kappa shape index (κ3) is 3.10. The topological polar surface area (TPSA) is 49.3 Å². The number of hydrogen-bond acceptors (Lipinski definition) is 2. The van der Waals surface area contributed by atoms with E-state index in [0.29, 0.717) is 12.1 Å². The van der Waals surface area contributed by atoms with Crippen molar-refractivity contribution in [2.24, 2.45) is 0 Å². The van der Waals surface area contributed by atoms with Gasteiger partial charge in [-0.25, -0.2) is 0 Å². The third-order valence-corrected chi connectivity index (χ3v) is 2.64. The van der Waals surface area contributed by atoms with Gasteiger partial charge in [-0.1, -0.05) is 30.3 Å². The van der Waals surface area contributed by atoms with Crippen LogP contribution in [0.4, 0.5) is 5.69 Å². The summed E-state index contributed by atoms with van der Waals surface area (Å²) in [7, 11) is 0. The van der Waals surface area contributed by atoms with Crippen molar-refractivity contribution in [3.05, 3.63) is 59.7 Å². The van der Waals surface area contributed by atoms with E-state index in [9.17, 15) is 9.90 Å². The minimum Gasteiger partial charge on any atom is -0.508 e. The Hall–Kier alpha value is -2.29. The molecule has 2 rings (SSSR count). The van der Waals surface area contributed by atoms with Gasteiger partial charge in [0.05, 0.1) is 0 Å². The Balaban J connectivity index is 2.24. The van der Waals surface area contributed by atoms with Crippen molar-refractivity contribution >= 4 is 11.6 Å². The van der Waals surface area contributed by atoms with E-state index < -0.39 is 0 Å². The van der Waals surface area contributed by atoms with Gasteiger partial charge in [-0.3, -0.25) is 4.79 Å². The zero-order valence-corrected chi connectivity index (χ0v) is 10.2. The van der Waals surface area contributed by atoms with Crippen molar-refractivity contribution < 1.29 is 9.90 Å². The maximum atomic E-state index is 11.0. The number of aromatic hydroxyl groups is 1. The molecular formula is C15H15NO2. The molecule has 0 heterocycles. The molecule has 92 valence electrons. The lowest BCUT2D eigenvalue weighted by Crippen LogP contribution is -2.06. The number of carbonyl (C=O) groups excluding carboxylic acids is 1. The van der Waals surface area contributed by atoms with Crippen LogP contribution in [0.1, 0.15) is 18.1 Å². The predicted octanol–water partition coefficient (Wildman–Crippen LogP) is 2.94. The van der Waals surface area contributed by atoms with Crippen LogP contribution < -0.4 is 5.32 Å². The monoisotopic (exact) mass is 241 g/mol. The highest BCUT2D eigenvalue weighted by Crippen LogP contribution is 2.24. The first kappa shape index (κ1) is 12.2. The summed E-state index contributed by atoms with van der Waals surface area (Å²) in [6.07, 6.45) is 0.639. The second kappa shape index (κ2) is 5.36. The molecule has 0 saturated heterocycles. The lowest BCUT2D eigenvalue weighted by atomic mass is 10.0. The van der Waals surface area contributed by atoms with Crippen LogP contribution in [-0.4, -0.2) is 11.0 Å². The molecule has 0 aliphatic rings. The Morgan fingerprint density at radius 1 is 1.17 bits per heavy atom. The first-order valence-corrected chi connectivity index (χ1v) is 5.78. The summed E-state index contributed by atoms with van der Waals surface area (Å²) >= 11 is 0. The Kier molecular flexibility index (Phi) is 3.63. The van der Waals surface area contributed by atoms with E-state index in [4.69, 9.17) is 0 Å². The van der Waals surface area contributed by atoms with E-state index in [1.165, 1.54) is 6.92 Å². The molecule has 2 N–H and O–H groups in total. The number of anilines is 1. The summed E-state index contributed by atoms with van der Waals surface area (Å²) in [6.45, 7) is 1.46. The van der Waals surface area contributed by atoms with Gasteiger partial charge in [-0.05, 0) is 23.8 Å². The van der Waals surface area contributed by atoms with Crippen LogP contribution in [-0.2, 0) is 11.2 Å². The molecule has 0 bridgehead atoms. The first-order valence-electron chi connectivity index (χ1n) is 5.78. The maximum absolute atomic E-state index is 11.0. The van der Waals surface area contributed by atoms with Crippen LogP contribution in [0.5, 0.6) is 5.75 Å². The number of benzene rings is 2. The molecular weight excluding hydrogens is 226 g/mol. The Bertz CT molecular complexity index is 550. The van der Waals surface area contributed by atoms with Crippen molar-refractivity contribution in [2.45, 2.75) is 13.3 Å². The molecule has 18 heavy (non-hydrogen) atoms. The van der Waals surface area contributed by atoms with Crippen molar-refractivity contribution in [1.29, 1.82) is 0 Å². The second-order valence-electron chi connectivity index (χ2n) is 4.19. The number of nitrogens with one attached hydrogen (secondary N) is 1. The summed E-state index contributed by atoms with van der Waals surface area (Å²) in [5.41, 5.74) is 2.62. The van der Waals surface area contributed by atoms with Gasteiger partial charge < -0.3 is 10.4 Å². The molecule has 0 aromatic heterocycles. The molecule has 3 nitrogen and oxygen atoms in total. The van der Waals surface area contributed by atoms with Gasteiger partial charge in [0.1, 0.15) is 5.75 Å². The van der Waals surface area contributed by atoms with E-state index in [0.717, 1.165) is 11.1 Å². The lowest BCUT2D eigenvalue weighted by molar-refractivity contribution is -0.114. The molecule has 1 amide bonds. The molecule has 0 aliphatic carbocycles. The molecule has 0 spiro atoms. The third-order valence-electron chi connectivity index (χ3n) is 2.64. The van der Waals surface area contributed by atoms with Crippen molar-refractivity contribution in [3.8, 4) is 5.75 Å². The van der Waals surface area contributed by atoms with E-state index in [1.807, 2.05) is 30.3 Å². The summed E-state index contributed by atoms with van der Waals surface area (Å²) in [6, 6.07) is 15.0.